The highest BCUT2D eigenvalue weighted by molar-refractivity contribution is 5.77. The average molecular weight is 456 g/mol. The van der Waals surface area contributed by atoms with Crippen LogP contribution >= 0.6 is 0 Å². The van der Waals surface area contributed by atoms with Gasteiger partial charge in [0.2, 0.25) is 11.7 Å². The zero-order valence-electron chi connectivity index (χ0n) is 18.5. The van der Waals surface area contributed by atoms with E-state index < -0.39 is 11.6 Å². The number of rotatable bonds is 8. The smallest absolute Gasteiger partial charge is 0.260 e. The number of piperazine rings is 1. The molecule has 1 fully saturated rings. The van der Waals surface area contributed by atoms with Crippen LogP contribution in [0.15, 0.2) is 47.0 Å². The first-order chi connectivity index (χ1) is 16.0. The number of ether oxygens (including phenoxy) is 1. The molecular weight excluding hydrogens is 430 g/mol. The van der Waals surface area contributed by atoms with Crippen molar-refractivity contribution in [2.45, 2.75) is 19.8 Å². The van der Waals surface area contributed by atoms with Crippen molar-refractivity contribution in [1.82, 2.24) is 19.9 Å². The molecule has 0 unspecified atom stereocenters. The van der Waals surface area contributed by atoms with E-state index in [-0.39, 0.29) is 18.3 Å². The zero-order valence-corrected chi connectivity index (χ0v) is 18.5. The summed E-state index contributed by atoms with van der Waals surface area (Å²) in [5, 5.41) is 4.06. The molecule has 1 aliphatic heterocycles. The number of nitrogens with zero attached hydrogens (tertiary/aromatic N) is 4. The predicted octanol–water partition coefficient (Wildman–Crippen LogP) is 3.48. The molecule has 0 saturated carbocycles. The van der Waals surface area contributed by atoms with Crippen LogP contribution in [0.25, 0.3) is 11.4 Å². The van der Waals surface area contributed by atoms with Gasteiger partial charge in [0.1, 0.15) is 5.82 Å². The van der Waals surface area contributed by atoms with Crippen LogP contribution in [0.2, 0.25) is 0 Å². The molecule has 3 aromatic rings. The summed E-state index contributed by atoms with van der Waals surface area (Å²) in [6.45, 7) is 5.26. The average Bonchev–Trinajstić information content (AvgIpc) is 3.28. The lowest BCUT2D eigenvalue weighted by molar-refractivity contribution is -0.135. The number of carbonyl (C=O) groups is 1. The van der Waals surface area contributed by atoms with Gasteiger partial charge < -0.3 is 14.2 Å². The first-order valence-corrected chi connectivity index (χ1v) is 11.0. The van der Waals surface area contributed by atoms with E-state index in [1.54, 1.807) is 4.90 Å². The van der Waals surface area contributed by atoms with Gasteiger partial charge in [-0.1, -0.05) is 35.0 Å². The van der Waals surface area contributed by atoms with E-state index in [1.165, 1.54) is 11.6 Å². The fourth-order valence-corrected chi connectivity index (χ4v) is 3.67. The van der Waals surface area contributed by atoms with Crippen molar-refractivity contribution >= 4 is 5.91 Å². The van der Waals surface area contributed by atoms with Crippen LogP contribution in [-0.4, -0.2) is 65.2 Å². The summed E-state index contributed by atoms with van der Waals surface area (Å²) in [7, 11) is 0. The predicted molar refractivity (Wildman–Crippen MR) is 118 cm³/mol. The molecule has 0 N–H and O–H groups in total. The van der Waals surface area contributed by atoms with Crippen molar-refractivity contribution in [3.8, 4) is 17.1 Å². The monoisotopic (exact) mass is 456 g/mol. The maximum Gasteiger partial charge on any atom is 0.260 e. The lowest BCUT2D eigenvalue weighted by Crippen LogP contribution is -2.50. The first-order valence-electron chi connectivity index (χ1n) is 11.0. The number of halogens is 2. The molecule has 0 aliphatic carbocycles. The summed E-state index contributed by atoms with van der Waals surface area (Å²) < 4.78 is 37.2. The Morgan fingerprint density at radius 3 is 2.58 bits per heavy atom. The Kier molecular flexibility index (Phi) is 7.29. The Morgan fingerprint density at radius 1 is 1.09 bits per heavy atom. The Balaban J connectivity index is 1.16. The molecule has 0 atom stereocenters. The fraction of sp³-hybridized carbons (Fsp3) is 0.375. The van der Waals surface area contributed by atoms with Crippen molar-refractivity contribution in [3.05, 3.63) is 65.6 Å². The molecule has 7 nitrogen and oxygen atoms in total. The number of aryl methyl sites for hydroxylation is 2. The molecule has 1 amide bonds. The largest absolute Gasteiger partial charge is 0.481 e. The minimum atomic E-state index is -0.820. The van der Waals surface area contributed by atoms with E-state index in [0.29, 0.717) is 31.2 Å². The molecule has 1 saturated heterocycles. The van der Waals surface area contributed by atoms with Gasteiger partial charge in [-0.3, -0.25) is 9.69 Å². The van der Waals surface area contributed by atoms with E-state index in [2.05, 4.69) is 15.0 Å². The van der Waals surface area contributed by atoms with E-state index in [0.717, 1.165) is 43.8 Å². The van der Waals surface area contributed by atoms with Crippen LogP contribution in [0.1, 0.15) is 17.9 Å². The second-order valence-electron chi connectivity index (χ2n) is 8.07. The third-order valence-corrected chi connectivity index (χ3v) is 5.61. The summed E-state index contributed by atoms with van der Waals surface area (Å²) in [6.07, 6.45) is 1.56. The van der Waals surface area contributed by atoms with Crippen molar-refractivity contribution in [2.75, 3.05) is 39.3 Å². The van der Waals surface area contributed by atoms with Crippen LogP contribution in [0.5, 0.6) is 5.75 Å². The second kappa shape index (κ2) is 10.5. The molecule has 1 aliphatic rings. The van der Waals surface area contributed by atoms with Crippen molar-refractivity contribution < 1.29 is 22.8 Å². The summed E-state index contributed by atoms with van der Waals surface area (Å²) >= 11 is 0. The molecule has 2 heterocycles. The summed E-state index contributed by atoms with van der Waals surface area (Å²) in [4.78, 5) is 20.8. The van der Waals surface area contributed by atoms with Crippen LogP contribution in [0, 0.1) is 18.6 Å². The summed E-state index contributed by atoms with van der Waals surface area (Å²) in [5.41, 5.74) is 2.11. The highest BCUT2D eigenvalue weighted by atomic mass is 19.1. The normalized spacial score (nSPS) is 14.5. The van der Waals surface area contributed by atoms with E-state index >= 15 is 0 Å². The van der Waals surface area contributed by atoms with Crippen LogP contribution in [0.4, 0.5) is 8.78 Å². The number of amides is 1. The van der Waals surface area contributed by atoms with Gasteiger partial charge in [-0.25, -0.2) is 8.78 Å². The van der Waals surface area contributed by atoms with Crippen LogP contribution < -0.4 is 4.74 Å². The van der Waals surface area contributed by atoms with Crippen LogP contribution in [0.3, 0.4) is 0 Å². The minimum Gasteiger partial charge on any atom is -0.481 e. The number of hydrogen-bond donors (Lipinski definition) is 0. The highest BCUT2D eigenvalue weighted by Gasteiger charge is 2.22. The van der Waals surface area contributed by atoms with E-state index in [9.17, 15) is 13.6 Å². The molecule has 0 radical (unpaired) electrons. The SMILES string of the molecule is Cc1ccc(-c2noc(CCCN3CCN(C(=O)COc4ccc(F)cc4F)CC3)n2)cc1. The summed E-state index contributed by atoms with van der Waals surface area (Å²) in [6, 6.07) is 11.0. The van der Waals surface area contributed by atoms with Gasteiger partial charge in [0.05, 0.1) is 0 Å². The number of aromatic nitrogens is 2. The third kappa shape index (κ3) is 6.13. The molecule has 4 rings (SSSR count). The molecule has 2 aromatic carbocycles. The topological polar surface area (TPSA) is 71.7 Å². The van der Waals surface area contributed by atoms with Gasteiger partial charge >= 0.3 is 0 Å². The Morgan fingerprint density at radius 2 is 1.85 bits per heavy atom. The Hall–Kier alpha value is -3.33. The molecular formula is C24H26F2N4O3. The maximum absolute atomic E-state index is 13.6. The number of benzene rings is 2. The molecule has 174 valence electrons. The molecule has 9 heteroatoms. The van der Waals surface area contributed by atoms with Crippen molar-refractivity contribution in [3.63, 3.8) is 0 Å². The standard InChI is InChI=1S/C24H26F2N4O3/c1-17-4-6-18(7-5-17)24-27-22(33-28-24)3-2-10-29-11-13-30(14-12-29)23(31)16-32-21-9-8-19(25)15-20(21)26/h4-9,15H,2-3,10-14,16H2,1H3. The third-order valence-electron chi connectivity index (χ3n) is 5.61. The van der Waals surface area contributed by atoms with Gasteiger partial charge in [-0.15, -0.1) is 0 Å². The second-order valence-corrected chi connectivity index (χ2v) is 8.07. The van der Waals surface area contributed by atoms with Crippen LogP contribution in [-0.2, 0) is 11.2 Å². The van der Waals surface area contributed by atoms with E-state index in [1.807, 2.05) is 31.2 Å². The van der Waals surface area contributed by atoms with Crippen molar-refractivity contribution in [1.29, 1.82) is 0 Å². The van der Waals surface area contributed by atoms with E-state index in [4.69, 9.17) is 9.26 Å². The molecule has 0 spiro atoms. The first kappa shape index (κ1) is 22.8. The van der Waals surface area contributed by atoms with Gasteiger partial charge in [0.25, 0.3) is 5.91 Å². The Labute approximate surface area is 190 Å². The zero-order chi connectivity index (χ0) is 23.2. The molecule has 1 aromatic heterocycles. The lowest BCUT2D eigenvalue weighted by atomic mass is 10.1. The van der Waals surface area contributed by atoms with Gasteiger partial charge in [0.15, 0.2) is 18.2 Å². The molecule has 33 heavy (non-hydrogen) atoms. The number of carbonyl (C=O) groups excluding carboxylic acids is 1. The highest BCUT2D eigenvalue weighted by Crippen LogP contribution is 2.18. The maximum atomic E-state index is 13.6. The van der Waals surface area contributed by atoms with Gasteiger partial charge in [-0.2, -0.15) is 4.98 Å². The quantitative estimate of drug-likeness (QED) is 0.517. The van der Waals surface area contributed by atoms with Gasteiger partial charge in [-0.05, 0) is 32.0 Å². The van der Waals surface area contributed by atoms with Gasteiger partial charge in [0, 0.05) is 44.2 Å². The fourth-order valence-electron chi connectivity index (χ4n) is 3.67. The minimum absolute atomic E-state index is 0.130. The van der Waals surface area contributed by atoms with Crippen molar-refractivity contribution in [2.24, 2.45) is 0 Å². The molecule has 0 bridgehead atoms. The summed E-state index contributed by atoms with van der Waals surface area (Å²) in [5.74, 6) is -0.639. The number of hydrogen-bond acceptors (Lipinski definition) is 6. The lowest BCUT2D eigenvalue weighted by Gasteiger charge is -2.34. The Bertz CT molecular complexity index is 1080.